The molecule has 172 valence electrons. The van der Waals surface area contributed by atoms with Crippen LogP contribution in [0.4, 0.5) is 0 Å². The highest BCUT2D eigenvalue weighted by Crippen LogP contribution is 2.44. The minimum atomic E-state index is -0.204. The number of fused-ring (bicyclic) bond motifs is 2. The van der Waals surface area contributed by atoms with Gasteiger partial charge in [-0.1, -0.05) is 37.3 Å². The molecular formula is C27H31N3O3. The van der Waals surface area contributed by atoms with E-state index >= 15 is 0 Å². The molecule has 4 rings (SSSR count). The van der Waals surface area contributed by atoms with Crippen molar-refractivity contribution in [3.8, 4) is 0 Å². The number of likely N-dealkylation sites (N-methyl/N-ethyl adjacent to an activating group) is 1. The summed E-state index contributed by atoms with van der Waals surface area (Å²) in [6.45, 7) is 5.21. The number of ether oxygens (including phenoxy) is 1. The summed E-state index contributed by atoms with van der Waals surface area (Å²) in [4.78, 5) is 29.8. The summed E-state index contributed by atoms with van der Waals surface area (Å²) in [5.41, 5.74) is 3.08. The molecule has 2 N–H and O–H groups in total. The SMILES string of the molecule is CC/C=C(/C=C(\C=C(/C)C(=O)NC)C(=O)NC1C2COCC21)Cc1cncc2ccccc12. The van der Waals surface area contributed by atoms with Crippen molar-refractivity contribution in [1.29, 1.82) is 0 Å². The van der Waals surface area contributed by atoms with E-state index in [-0.39, 0.29) is 17.9 Å². The third-order valence-electron chi connectivity index (χ3n) is 6.42. The molecule has 0 spiro atoms. The smallest absolute Gasteiger partial charge is 0.251 e. The number of nitrogens with one attached hydrogen (secondary N) is 2. The van der Waals surface area contributed by atoms with Crippen LogP contribution in [-0.4, -0.2) is 43.1 Å². The van der Waals surface area contributed by atoms with Crippen molar-refractivity contribution in [2.75, 3.05) is 20.3 Å². The lowest BCUT2D eigenvalue weighted by Crippen LogP contribution is -2.31. The van der Waals surface area contributed by atoms with Gasteiger partial charge in [0, 0.05) is 53.9 Å². The molecule has 1 aliphatic heterocycles. The molecular weight excluding hydrogens is 414 g/mol. The van der Waals surface area contributed by atoms with Crippen LogP contribution in [0.15, 0.2) is 71.6 Å². The average molecular weight is 446 g/mol. The van der Waals surface area contributed by atoms with Crippen LogP contribution in [0.5, 0.6) is 0 Å². The zero-order chi connectivity index (χ0) is 23.4. The lowest BCUT2D eigenvalue weighted by atomic mass is 9.98. The maximum atomic E-state index is 13.2. The Bertz CT molecular complexity index is 1130. The van der Waals surface area contributed by atoms with E-state index in [1.807, 2.05) is 30.6 Å². The van der Waals surface area contributed by atoms with Crippen molar-refractivity contribution in [2.45, 2.75) is 32.7 Å². The van der Waals surface area contributed by atoms with Crippen molar-refractivity contribution in [3.63, 3.8) is 0 Å². The number of hydrogen-bond donors (Lipinski definition) is 2. The Kier molecular flexibility index (Phi) is 7.04. The molecule has 2 aromatic rings. The lowest BCUT2D eigenvalue weighted by Gasteiger charge is -2.12. The molecule has 2 unspecified atom stereocenters. The predicted octanol–water partition coefficient (Wildman–Crippen LogP) is 3.49. The number of benzene rings is 1. The fraction of sp³-hybridized carbons (Fsp3) is 0.370. The Morgan fingerprint density at radius 1 is 1.12 bits per heavy atom. The van der Waals surface area contributed by atoms with Crippen LogP contribution in [0.3, 0.4) is 0 Å². The van der Waals surface area contributed by atoms with Crippen molar-refractivity contribution in [1.82, 2.24) is 15.6 Å². The first kappa shape index (κ1) is 22.9. The molecule has 2 atom stereocenters. The van der Waals surface area contributed by atoms with Crippen molar-refractivity contribution < 1.29 is 14.3 Å². The Morgan fingerprint density at radius 2 is 1.88 bits per heavy atom. The van der Waals surface area contributed by atoms with Gasteiger partial charge in [-0.3, -0.25) is 14.6 Å². The molecule has 2 heterocycles. The number of allylic oxidation sites excluding steroid dienone is 3. The van der Waals surface area contributed by atoms with Gasteiger partial charge in [0.15, 0.2) is 0 Å². The van der Waals surface area contributed by atoms with Crippen LogP contribution in [0.1, 0.15) is 25.8 Å². The van der Waals surface area contributed by atoms with Gasteiger partial charge < -0.3 is 15.4 Å². The van der Waals surface area contributed by atoms with Gasteiger partial charge in [-0.05, 0) is 48.4 Å². The lowest BCUT2D eigenvalue weighted by molar-refractivity contribution is -0.117. The fourth-order valence-electron chi connectivity index (χ4n) is 4.54. The molecule has 2 fully saturated rings. The molecule has 1 saturated heterocycles. The second-order valence-electron chi connectivity index (χ2n) is 8.75. The molecule has 1 aromatic carbocycles. The molecule has 2 aliphatic rings. The molecule has 0 bridgehead atoms. The van der Waals surface area contributed by atoms with Crippen LogP contribution >= 0.6 is 0 Å². The minimum absolute atomic E-state index is 0.157. The number of pyridine rings is 1. The van der Waals surface area contributed by atoms with Gasteiger partial charge in [-0.15, -0.1) is 0 Å². The summed E-state index contributed by atoms with van der Waals surface area (Å²) in [5.74, 6) is 0.457. The standard InChI is InChI=1S/C27H31N3O3/c1-4-7-18(12-21-14-29-13-19-8-5-6-9-22(19)21)11-20(10-17(2)26(31)28-3)27(32)30-25-23-15-33-16-24(23)25/h5-11,13-14,23-25H,4,12,15-16H2,1-3H3,(H,28,31)(H,30,32)/b17-10+,18-7-,20-11+. The summed E-state index contributed by atoms with van der Waals surface area (Å²) in [7, 11) is 1.59. The van der Waals surface area contributed by atoms with Crippen molar-refractivity contribution >= 4 is 22.6 Å². The van der Waals surface area contributed by atoms with Crippen LogP contribution in [0.25, 0.3) is 10.8 Å². The maximum absolute atomic E-state index is 13.2. The molecule has 6 nitrogen and oxygen atoms in total. The summed E-state index contributed by atoms with van der Waals surface area (Å²) in [6.07, 6.45) is 10.9. The molecule has 1 saturated carbocycles. The summed E-state index contributed by atoms with van der Waals surface area (Å²) < 4.78 is 5.44. The van der Waals surface area contributed by atoms with Gasteiger partial charge in [0.25, 0.3) is 5.91 Å². The second-order valence-corrected chi connectivity index (χ2v) is 8.75. The largest absolute Gasteiger partial charge is 0.381 e. The van der Waals surface area contributed by atoms with E-state index in [1.54, 1.807) is 20.0 Å². The topological polar surface area (TPSA) is 80.3 Å². The quantitative estimate of drug-likeness (QED) is 0.482. The second kappa shape index (κ2) is 10.1. The van der Waals surface area contributed by atoms with Crippen LogP contribution in [-0.2, 0) is 20.7 Å². The average Bonchev–Trinajstić information content (AvgIpc) is 3.23. The fourth-order valence-corrected chi connectivity index (χ4v) is 4.54. The van der Waals surface area contributed by atoms with E-state index in [4.69, 9.17) is 4.74 Å². The van der Waals surface area contributed by atoms with E-state index in [9.17, 15) is 9.59 Å². The van der Waals surface area contributed by atoms with Gasteiger partial charge in [0.2, 0.25) is 5.91 Å². The van der Waals surface area contributed by atoms with Gasteiger partial charge >= 0.3 is 0 Å². The van der Waals surface area contributed by atoms with E-state index < -0.39 is 0 Å². The highest BCUT2D eigenvalue weighted by atomic mass is 16.5. The summed E-state index contributed by atoms with van der Waals surface area (Å²) in [6, 6.07) is 8.33. The van der Waals surface area contributed by atoms with E-state index in [2.05, 4.69) is 40.8 Å². The highest BCUT2D eigenvalue weighted by Gasteiger charge is 2.54. The number of amides is 2. The molecule has 0 radical (unpaired) electrons. The van der Waals surface area contributed by atoms with Gasteiger partial charge in [-0.2, -0.15) is 0 Å². The first-order valence-electron chi connectivity index (χ1n) is 11.5. The number of hydrogen-bond acceptors (Lipinski definition) is 4. The van der Waals surface area contributed by atoms with Crippen LogP contribution in [0, 0.1) is 11.8 Å². The first-order valence-corrected chi connectivity index (χ1v) is 11.5. The minimum Gasteiger partial charge on any atom is -0.381 e. The van der Waals surface area contributed by atoms with E-state index in [1.165, 1.54) is 0 Å². The van der Waals surface area contributed by atoms with Gasteiger partial charge in [-0.25, -0.2) is 0 Å². The van der Waals surface area contributed by atoms with E-state index in [0.29, 0.717) is 42.6 Å². The molecule has 33 heavy (non-hydrogen) atoms. The Morgan fingerprint density at radius 3 is 2.61 bits per heavy atom. The third-order valence-corrected chi connectivity index (χ3v) is 6.42. The highest BCUT2D eigenvalue weighted by molar-refractivity contribution is 6.01. The van der Waals surface area contributed by atoms with Crippen molar-refractivity contribution in [2.24, 2.45) is 11.8 Å². The number of aromatic nitrogens is 1. The maximum Gasteiger partial charge on any atom is 0.251 e. The Balaban J connectivity index is 1.64. The van der Waals surface area contributed by atoms with Crippen LogP contribution in [0.2, 0.25) is 0 Å². The zero-order valence-corrected chi connectivity index (χ0v) is 19.4. The number of rotatable bonds is 8. The number of carbonyl (C=O) groups excluding carboxylic acids is 2. The Hall–Kier alpha value is -3.25. The normalized spacial score (nSPS) is 22.8. The van der Waals surface area contributed by atoms with E-state index in [0.717, 1.165) is 28.3 Å². The predicted molar refractivity (Wildman–Crippen MR) is 129 cm³/mol. The van der Waals surface area contributed by atoms with Crippen molar-refractivity contribution in [3.05, 3.63) is 77.2 Å². The van der Waals surface area contributed by atoms with Crippen LogP contribution < -0.4 is 10.6 Å². The summed E-state index contributed by atoms with van der Waals surface area (Å²) in [5, 5.41) is 8.02. The first-order chi connectivity index (χ1) is 16.0. The van der Waals surface area contributed by atoms with Gasteiger partial charge in [0.1, 0.15) is 0 Å². The molecule has 6 heteroatoms. The number of nitrogens with zero attached hydrogens (tertiary/aromatic N) is 1. The summed E-state index contributed by atoms with van der Waals surface area (Å²) >= 11 is 0. The third kappa shape index (κ3) is 5.22. The zero-order valence-electron chi connectivity index (χ0n) is 19.4. The molecule has 1 aromatic heterocycles. The Labute approximate surface area is 194 Å². The monoisotopic (exact) mass is 445 g/mol. The molecule has 2 amide bonds. The molecule has 1 aliphatic carbocycles. The van der Waals surface area contributed by atoms with Gasteiger partial charge in [0.05, 0.1) is 13.2 Å². The number of carbonyl (C=O) groups is 2.